The molecule has 0 saturated heterocycles. The molecule has 58 valence electrons. The molecule has 0 aliphatic carbocycles. The maximum atomic E-state index is 11.8. The number of azide groups is 1. The van der Waals surface area contributed by atoms with E-state index < -0.39 is 14.2 Å². The van der Waals surface area contributed by atoms with Gasteiger partial charge >= 0.3 is 14.2 Å². The minimum atomic E-state index is -5.06. The van der Waals surface area contributed by atoms with Crippen LogP contribution in [0.5, 0.6) is 0 Å². The zero-order chi connectivity index (χ0) is 8.41. The molecule has 0 radical (unpaired) electrons. The first-order chi connectivity index (χ1) is 4.31. The minimum Gasteiger partial charge on any atom is -0.214 e. The van der Waals surface area contributed by atoms with Crippen LogP contribution in [0.1, 0.15) is 0 Å². The molecule has 0 heterocycles. The zero-order valence-corrected chi connectivity index (χ0v) is 6.60. The van der Waals surface area contributed by atoms with Crippen molar-refractivity contribution in [2.24, 2.45) is 4.52 Å². The summed E-state index contributed by atoms with van der Waals surface area (Å²) < 4.78 is 41.3. The summed E-state index contributed by atoms with van der Waals surface area (Å²) in [4.78, 5) is 1.70. The van der Waals surface area contributed by atoms with Gasteiger partial charge in [-0.05, 0) is 5.53 Å². The van der Waals surface area contributed by atoms with Gasteiger partial charge in [0.1, 0.15) is 0 Å². The molecule has 0 N–H and O–H groups in total. The van der Waals surface area contributed by atoms with Crippen molar-refractivity contribution in [2.75, 3.05) is 0 Å². The third-order valence-corrected chi connectivity index (χ3v) is 2.54. The van der Waals surface area contributed by atoms with Crippen LogP contribution in [0, 0.1) is 0 Å². The average molecular weight is 236 g/mol. The predicted molar refractivity (Wildman–Crippen MR) is 31.9 cm³/mol. The van der Waals surface area contributed by atoms with Crippen molar-refractivity contribution in [1.29, 1.82) is 0 Å². The van der Waals surface area contributed by atoms with Crippen LogP contribution in [-0.2, 0) is 10.0 Å². The molecule has 10 heavy (non-hydrogen) atoms. The highest BCUT2D eigenvalue weighted by Gasteiger charge is 2.41. The monoisotopic (exact) mass is 235 g/mol. The summed E-state index contributed by atoms with van der Waals surface area (Å²) in [6.07, 6.45) is 0. The highest BCUT2D eigenvalue weighted by molar-refractivity contribution is 9.11. The molecule has 0 fully saturated rings. The smallest absolute Gasteiger partial charge is 0.214 e. The van der Waals surface area contributed by atoms with Gasteiger partial charge in [0.15, 0.2) is 0 Å². The predicted octanol–water partition coefficient (Wildman–Crippen LogP) is 1.57. The Morgan fingerprint density at radius 3 is 2.10 bits per heavy atom. The third kappa shape index (κ3) is 2.09. The van der Waals surface area contributed by atoms with Crippen molar-refractivity contribution >= 4 is 26.0 Å². The van der Waals surface area contributed by atoms with Crippen LogP contribution in [0.15, 0.2) is 4.52 Å². The largest absolute Gasteiger partial charge is 0.407 e. The number of hydrogen-bond acceptors (Lipinski definition) is 2. The van der Waals surface area contributed by atoms with Crippen LogP contribution in [-0.4, -0.2) is 12.6 Å². The summed E-state index contributed by atoms with van der Waals surface area (Å²) in [5, 5.41) is 0. The fraction of sp³-hybridized carbons (Fsp3) is 1.00. The van der Waals surface area contributed by atoms with E-state index in [-0.39, 0.29) is 0 Å². The van der Waals surface area contributed by atoms with Gasteiger partial charge in [0.25, 0.3) is 0 Å². The molecule has 0 rings (SSSR count). The van der Waals surface area contributed by atoms with Gasteiger partial charge < -0.3 is 0 Å². The lowest BCUT2D eigenvalue weighted by atomic mass is 11.7. The summed E-state index contributed by atoms with van der Waals surface area (Å²) in [5.74, 6) is 0. The zero-order valence-electron chi connectivity index (χ0n) is 4.20. The normalized spacial score (nSPS) is 12.3. The molecule has 0 spiro atoms. The molecule has 0 aromatic rings. The molecule has 0 amide bonds. The van der Waals surface area contributed by atoms with Gasteiger partial charge in [0.2, 0.25) is 0 Å². The quantitative estimate of drug-likeness (QED) is 0.315. The van der Waals surface area contributed by atoms with E-state index in [0.717, 1.165) is 0 Å². The maximum absolute atomic E-state index is 11.8. The van der Waals surface area contributed by atoms with E-state index in [4.69, 9.17) is 5.53 Å². The van der Waals surface area contributed by atoms with Crippen molar-refractivity contribution in [1.82, 2.24) is 0 Å². The standard InChI is InChI=1S/CBrF2N3O2S/c2-1(3,4)10(8,9)7-6-5. The first-order valence-electron chi connectivity index (χ1n) is 1.69. The Labute approximate surface area is 62.8 Å². The molecular formula is CBrF2N3O2S. The SMILES string of the molecule is [N-]=[N+]=NS(=O)(=O)C(F)(F)Br. The molecule has 0 bridgehead atoms. The highest BCUT2D eigenvalue weighted by Crippen LogP contribution is 2.29. The third-order valence-electron chi connectivity index (χ3n) is 0.436. The van der Waals surface area contributed by atoms with Gasteiger partial charge in [-0.3, -0.25) is 0 Å². The Balaban J connectivity index is 4.97. The maximum Gasteiger partial charge on any atom is 0.407 e. The second-order valence-corrected chi connectivity index (χ2v) is 4.24. The van der Waals surface area contributed by atoms with E-state index in [1.54, 1.807) is 4.91 Å². The summed E-state index contributed by atoms with van der Waals surface area (Å²) in [7, 11) is -5.06. The number of halogens is 3. The van der Waals surface area contributed by atoms with Crippen molar-refractivity contribution in [2.45, 2.75) is 4.16 Å². The van der Waals surface area contributed by atoms with Crippen molar-refractivity contribution < 1.29 is 17.2 Å². The van der Waals surface area contributed by atoms with Gasteiger partial charge in [-0.1, -0.05) is 0 Å². The molecule has 0 aliphatic heterocycles. The molecule has 0 atom stereocenters. The lowest BCUT2D eigenvalue weighted by Crippen LogP contribution is -2.17. The summed E-state index contributed by atoms with van der Waals surface area (Å²) in [6, 6.07) is 0. The fourth-order valence-electron chi connectivity index (χ4n) is 0.0944. The van der Waals surface area contributed by atoms with Gasteiger partial charge in [0, 0.05) is 25.4 Å². The van der Waals surface area contributed by atoms with Crippen molar-refractivity contribution in [3.8, 4) is 0 Å². The van der Waals surface area contributed by atoms with Gasteiger partial charge in [-0.25, -0.2) is 8.42 Å². The Kier molecular flexibility index (Phi) is 2.58. The molecule has 5 nitrogen and oxygen atoms in total. The van der Waals surface area contributed by atoms with Gasteiger partial charge in [-0.2, -0.15) is 8.78 Å². The van der Waals surface area contributed by atoms with Crippen molar-refractivity contribution in [3.63, 3.8) is 0 Å². The lowest BCUT2D eigenvalue weighted by molar-refractivity contribution is 0.204. The molecule has 0 unspecified atom stereocenters. The number of rotatable bonds is 2. The summed E-state index contributed by atoms with van der Waals surface area (Å²) >= 11 is 1.51. The van der Waals surface area contributed by atoms with E-state index in [0.29, 0.717) is 0 Å². The Morgan fingerprint density at radius 2 is 2.00 bits per heavy atom. The molecule has 0 saturated carbocycles. The first-order valence-corrected chi connectivity index (χ1v) is 3.92. The Morgan fingerprint density at radius 1 is 1.60 bits per heavy atom. The van der Waals surface area contributed by atoms with Crippen LogP contribution < -0.4 is 0 Å². The summed E-state index contributed by atoms with van der Waals surface area (Å²) in [5.41, 5.74) is 7.49. The lowest BCUT2D eigenvalue weighted by Gasteiger charge is -2.01. The second-order valence-electron chi connectivity index (χ2n) is 1.09. The molecule has 0 aromatic carbocycles. The molecule has 0 aromatic heterocycles. The van der Waals surface area contributed by atoms with Gasteiger partial charge in [-0.15, -0.1) is 0 Å². The van der Waals surface area contributed by atoms with Gasteiger partial charge in [0.05, 0.1) is 0 Å². The average Bonchev–Trinajstić information content (AvgIpc) is 1.61. The number of alkyl halides is 3. The number of sulfonamides is 1. The number of nitrogens with zero attached hydrogens (tertiary/aromatic N) is 3. The highest BCUT2D eigenvalue weighted by atomic mass is 79.9. The van der Waals surface area contributed by atoms with Crippen molar-refractivity contribution in [3.05, 3.63) is 10.4 Å². The van der Waals surface area contributed by atoms with Crippen LogP contribution in [0.3, 0.4) is 0 Å². The summed E-state index contributed by atoms with van der Waals surface area (Å²) in [6.45, 7) is 0. The van der Waals surface area contributed by atoms with E-state index in [1.165, 1.54) is 15.9 Å². The Hall–Kier alpha value is -0.400. The van der Waals surface area contributed by atoms with Crippen LogP contribution in [0.4, 0.5) is 8.78 Å². The molecular weight excluding hydrogens is 236 g/mol. The minimum absolute atomic E-state index is 1.51. The second kappa shape index (κ2) is 2.69. The van der Waals surface area contributed by atoms with E-state index >= 15 is 0 Å². The van der Waals surface area contributed by atoms with Crippen LogP contribution in [0.2, 0.25) is 0 Å². The number of hydrogen-bond donors (Lipinski definition) is 0. The Bertz CT molecular complexity index is 261. The van der Waals surface area contributed by atoms with E-state index in [9.17, 15) is 17.2 Å². The first kappa shape index (κ1) is 9.60. The van der Waals surface area contributed by atoms with Crippen LogP contribution in [0.25, 0.3) is 10.4 Å². The fourth-order valence-corrected chi connectivity index (χ4v) is 0.477. The molecule has 9 heteroatoms. The van der Waals surface area contributed by atoms with E-state index in [1.807, 2.05) is 4.52 Å². The topological polar surface area (TPSA) is 82.9 Å². The van der Waals surface area contributed by atoms with E-state index in [2.05, 4.69) is 0 Å². The van der Waals surface area contributed by atoms with Crippen LogP contribution >= 0.6 is 15.9 Å². The molecule has 0 aliphatic rings.